The van der Waals surface area contributed by atoms with Gasteiger partial charge in [0.1, 0.15) is 5.76 Å². The molecule has 17 heavy (non-hydrogen) atoms. The number of fused-ring (bicyclic) bond motifs is 1. The van der Waals surface area contributed by atoms with Crippen molar-refractivity contribution in [3.8, 4) is 0 Å². The minimum atomic E-state index is -0.330. The average Bonchev–Trinajstić information content (AvgIpc) is 2.61. The molecule has 84 valence electrons. The van der Waals surface area contributed by atoms with Gasteiger partial charge in [-0.1, -0.05) is 24.3 Å². The predicted molar refractivity (Wildman–Crippen MR) is 61.3 cm³/mol. The van der Waals surface area contributed by atoms with Crippen molar-refractivity contribution in [3.63, 3.8) is 0 Å². The molecular weight excluding hydrogens is 218 g/mol. The highest BCUT2D eigenvalue weighted by Crippen LogP contribution is 2.32. The second-order valence-electron chi connectivity index (χ2n) is 3.81. The van der Waals surface area contributed by atoms with E-state index in [1.54, 1.807) is 0 Å². The first kappa shape index (κ1) is 9.84. The van der Waals surface area contributed by atoms with Crippen LogP contribution in [0.1, 0.15) is 11.1 Å². The number of hydrogen-bond donors (Lipinski definition) is 0. The lowest BCUT2D eigenvalue weighted by Crippen LogP contribution is -2.32. The summed E-state index contributed by atoms with van der Waals surface area (Å²) in [6.45, 7) is -0.0369. The lowest BCUT2D eigenvalue weighted by molar-refractivity contribution is -0.140. The van der Waals surface area contributed by atoms with E-state index in [-0.39, 0.29) is 18.5 Å². The summed E-state index contributed by atoms with van der Waals surface area (Å²) in [4.78, 5) is 23.6. The molecule has 3 rings (SSSR count). The summed E-state index contributed by atoms with van der Waals surface area (Å²) >= 11 is 0. The van der Waals surface area contributed by atoms with Crippen molar-refractivity contribution in [1.29, 1.82) is 0 Å². The topological polar surface area (TPSA) is 46.6 Å². The Morgan fingerprint density at radius 1 is 1.06 bits per heavy atom. The molecule has 1 aromatic carbocycles. The van der Waals surface area contributed by atoms with E-state index in [0.29, 0.717) is 5.76 Å². The van der Waals surface area contributed by atoms with Gasteiger partial charge in [0.15, 0.2) is 6.73 Å². The fourth-order valence-electron chi connectivity index (χ4n) is 1.80. The Morgan fingerprint density at radius 2 is 1.76 bits per heavy atom. The van der Waals surface area contributed by atoms with Gasteiger partial charge in [-0.15, -0.1) is 0 Å². The Labute approximate surface area is 97.8 Å². The smallest absolute Gasteiger partial charge is 0.256 e. The molecule has 4 nitrogen and oxygen atoms in total. The zero-order valence-electron chi connectivity index (χ0n) is 8.92. The molecular formula is C13H9NO3. The molecule has 0 saturated heterocycles. The van der Waals surface area contributed by atoms with Crippen molar-refractivity contribution >= 4 is 23.6 Å². The van der Waals surface area contributed by atoms with Gasteiger partial charge in [0.2, 0.25) is 0 Å². The summed E-state index contributed by atoms with van der Waals surface area (Å²) < 4.78 is 5.43. The third-order valence-corrected chi connectivity index (χ3v) is 2.76. The van der Waals surface area contributed by atoms with Crippen LogP contribution in [-0.4, -0.2) is 23.4 Å². The van der Waals surface area contributed by atoms with Gasteiger partial charge in [0.05, 0.1) is 0 Å². The van der Waals surface area contributed by atoms with Gasteiger partial charge < -0.3 is 4.74 Å². The van der Waals surface area contributed by atoms with Crippen LogP contribution in [0.25, 0.3) is 11.8 Å². The van der Waals surface area contributed by atoms with Gasteiger partial charge in [0, 0.05) is 17.7 Å². The van der Waals surface area contributed by atoms with Crippen molar-refractivity contribution in [2.75, 3.05) is 6.73 Å². The molecule has 1 aromatic rings. The zero-order chi connectivity index (χ0) is 11.8. The van der Waals surface area contributed by atoms with E-state index in [2.05, 4.69) is 0 Å². The van der Waals surface area contributed by atoms with Crippen molar-refractivity contribution in [1.82, 2.24) is 4.90 Å². The number of ether oxygens (including phenoxy) is 1. The van der Waals surface area contributed by atoms with E-state index in [4.69, 9.17) is 4.74 Å². The van der Waals surface area contributed by atoms with Crippen LogP contribution in [0, 0.1) is 0 Å². The molecule has 0 fully saturated rings. The van der Waals surface area contributed by atoms with Crippen molar-refractivity contribution in [2.45, 2.75) is 0 Å². The molecule has 2 amide bonds. The largest absolute Gasteiger partial charge is 0.472 e. The van der Waals surface area contributed by atoms with Crippen LogP contribution in [0.5, 0.6) is 0 Å². The third kappa shape index (κ3) is 1.54. The number of benzene rings is 1. The van der Waals surface area contributed by atoms with Crippen molar-refractivity contribution < 1.29 is 14.3 Å². The molecule has 0 atom stereocenters. The Hall–Kier alpha value is -2.36. The molecule has 0 saturated carbocycles. The quantitative estimate of drug-likeness (QED) is 0.733. The van der Waals surface area contributed by atoms with E-state index in [0.717, 1.165) is 16.0 Å². The summed E-state index contributed by atoms with van der Waals surface area (Å²) in [7, 11) is 0. The van der Waals surface area contributed by atoms with Crippen LogP contribution < -0.4 is 0 Å². The van der Waals surface area contributed by atoms with Gasteiger partial charge in [-0.25, -0.2) is 4.90 Å². The highest BCUT2D eigenvalue weighted by Gasteiger charge is 2.25. The summed E-state index contributed by atoms with van der Waals surface area (Å²) in [5.74, 6) is 0.0551. The molecule has 1 aliphatic heterocycles. The first-order valence-electron chi connectivity index (χ1n) is 5.23. The SMILES string of the molecule is O=C1C=CC(=O)N1COC1=Cc2ccccc21. The monoisotopic (exact) mass is 227 g/mol. The maximum atomic E-state index is 11.3. The third-order valence-electron chi connectivity index (χ3n) is 2.76. The normalized spacial score (nSPS) is 16.7. The Bertz CT molecular complexity index is 554. The fraction of sp³-hybridized carbons (Fsp3) is 0.0769. The van der Waals surface area contributed by atoms with E-state index in [1.807, 2.05) is 30.3 Å². The van der Waals surface area contributed by atoms with Gasteiger partial charge in [-0.05, 0) is 11.6 Å². The minimum Gasteiger partial charge on any atom is -0.472 e. The second-order valence-corrected chi connectivity index (χ2v) is 3.81. The van der Waals surface area contributed by atoms with Crippen LogP contribution >= 0.6 is 0 Å². The predicted octanol–water partition coefficient (Wildman–Crippen LogP) is 1.40. The number of carbonyl (C=O) groups is 2. The molecule has 1 aliphatic carbocycles. The first-order valence-corrected chi connectivity index (χ1v) is 5.23. The minimum absolute atomic E-state index is 0.0369. The lowest BCUT2D eigenvalue weighted by Gasteiger charge is -2.22. The number of imide groups is 1. The lowest BCUT2D eigenvalue weighted by atomic mass is 9.96. The summed E-state index contributed by atoms with van der Waals surface area (Å²) in [5.41, 5.74) is 2.12. The first-order chi connectivity index (χ1) is 8.25. The molecule has 0 N–H and O–H groups in total. The number of carbonyl (C=O) groups excluding carboxylic acids is 2. The Kier molecular flexibility index (Phi) is 2.08. The van der Waals surface area contributed by atoms with Crippen LogP contribution in [0.3, 0.4) is 0 Å². The highest BCUT2D eigenvalue weighted by molar-refractivity contribution is 6.12. The fourth-order valence-corrected chi connectivity index (χ4v) is 1.80. The molecule has 0 aromatic heterocycles. The molecule has 0 unspecified atom stereocenters. The number of rotatable bonds is 3. The molecule has 2 aliphatic rings. The van der Waals surface area contributed by atoms with Crippen molar-refractivity contribution in [2.24, 2.45) is 0 Å². The maximum absolute atomic E-state index is 11.3. The molecule has 4 heteroatoms. The summed E-state index contributed by atoms with van der Waals surface area (Å²) in [6, 6.07) is 7.79. The van der Waals surface area contributed by atoms with Gasteiger partial charge >= 0.3 is 0 Å². The number of hydrogen-bond acceptors (Lipinski definition) is 3. The van der Waals surface area contributed by atoms with Gasteiger partial charge in [-0.3, -0.25) is 9.59 Å². The number of nitrogens with zero attached hydrogens (tertiary/aromatic N) is 1. The molecule has 0 bridgehead atoms. The van der Waals surface area contributed by atoms with E-state index < -0.39 is 0 Å². The molecule has 0 radical (unpaired) electrons. The van der Waals surface area contributed by atoms with Crippen LogP contribution in [0.4, 0.5) is 0 Å². The molecule has 0 spiro atoms. The van der Waals surface area contributed by atoms with Crippen LogP contribution in [-0.2, 0) is 14.3 Å². The highest BCUT2D eigenvalue weighted by atomic mass is 16.5. The summed E-state index contributed by atoms with van der Waals surface area (Å²) in [5, 5.41) is 0. The van der Waals surface area contributed by atoms with E-state index in [1.165, 1.54) is 12.2 Å². The van der Waals surface area contributed by atoms with Gasteiger partial charge in [0.25, 0.3) is 11.8 Å². The van der Waals surface area contributed by atoms with Crippen molar-refractivity contribution in [3.05, 3.63) is 47.5 Å². The van der Waals surface area contributed by atoms with Crippen LogP contribution in [0.2, 0.25) is 0 Å². The maximum Gasteiger partial charge on any atom is 0.256 e. The number of amides is 2. The zero-order valence-corrected chi connectivity index (χ0v) is 8.92. The summed E-state index contributed by atoms with van der Waals surface area (Å²) in [6.07, 6.45) is 4.37. The van der Waals surface area contributed by atoms with E-state index in [9.17, 15) is 9.59 Å². The average molecular weight is 227 g/mol. The molecule has 1 heterocycles. The standard InChI is InChI=1S/C13H9NO3/c15-12-5-6-13(16)14(12)8-17-11-7-9-3-1-2-4-10(9)11/h1-7H,8H2. The van der Waals surface area contributed by atoms with Gasteiger partial charge in [-0.2, -0.15) is 0 Å². The van der Waals surface area contributed by atoms with E-state index >= 15 is 0 Å². The second kappa shape index (κ2) is 3.59. The Morgan fingerprint density at radius 3 is 2.47 bits per heavy atom. The van der Waals surface area contributed by atoms with Crippen LogP contribution in [0.15, 0.2) is 36.4 Å². The Balaban J connectivity index is 1.65.